The molecule has 3 aromatic rings. The number of aromatic amines is 1. The molecule has 0 aliphatic rings. The van der Waals surface area contributed by atoms with Gasteiger partial charge in [0.25, 0.3) is 0 Å². The zero-order valence-electron chi connectivity index (χ0n) is 8.06. The first-order chi connectivity index (χ1) is 7.33. The van der Waals surface area contributed by atoms with Gasteiger partial charge in [-0.25, -0.2) is 15.0 Å². The number of pyridine rings is 1. The summed E-state index contributed by atoms with van der Waals surface area (Å²) in [5.41, 5.74) is 3.76. The second-order valence-electron chi connectivity index (χ2n) is 3.29. The van der Waals surface area contributed by atoms with Crippen LogP contribution in [0.5, 0.6) is 0 Å². The van der Waals surface area contributed by atoms with E-state index in [0.717, 1.165) is 27.4 Å². The fraction of sp³-hybridized carbons (Fsp3) is 0.100. The molecule has 0 atom stereocenters. The lowest BCUT2D eigenvalue weighted by Gasteiger charge is -1.94. The van der Waals surface area contributed by atoms with Crippen molar-refractivity contribution >= 4 is 22.5 Å². The Labute approximate surface area is 90.0 Å². The minimum absolute atomic E-state index is 0.743. The van der Waals surface area contributed by atoms with Crippen LogP contribution in [0.15, 0.2) is 24.0 Å². The van der Waals surface area contributed by atoms with Crippen molar-refractivity contribution in [2.45, 2.75) is 6.92 Å². The van der Waals surface area contributed by atoms with Gasteiger partial charge in [0.15, 0.2) is 5.65 Å². The van der Waals surface area contributed by atoms with Gasteiger partial charge in [0.05, 0.1) is 11.8 Å². The highest BCUT2D eigenvalue weighted by Crippen LogP contribution is 2.24. The van der Waals surface area contributed by atoms with Gasteiger partial charge in [0.2, 0.25) is 0 Å². The number of H-pyrrole nitrogens is 1. The van der Waals surface area contributed by atoms with Gasteiger partial charge in [-0.1, -0.05) is 0 Å². The van der Waals surface area contributed by atoms with E-state index >= 15 is 0 Å². The molecule has 4 nitrogen and oxygen atoms in total. The quantitative estimate of drug-likeness (QED) is 0.679. The van der Waals surface area contributed by atoms with Crippen LogP contribution < -0.4 is 0 Å². The molecule has 0 amide bonds. The fourth-order valence-corrected chi connectivity index (χ4v) is 2.21. The second-order valence-corrected chi connectivity index (χ2v) is 4.15. The van der Waals surface area contributed by atoms with E-state index in [4.69, 9.17) is 0 Å². The highest BCUT2D eigenvalue weighted by Gasteiger charge is 2.05. The maximum absolute atomic E-state index is 4.42. The summed E-state index contributed by atoms with van der Waals surface area (Å²) in [4.78, 5) is 15.8. The van der Waals surface area contributed by atoms with E-state index in [1.54, 1.807) is 23.9 Å². The van der Waals surface area contributed by atoms with Crippen LogP contribution in [0, 0.1) is 6.92 Å². The van der Waals surface area contributed by atoms with Gasteiger partial charge in [-0.2, -0.15) is 0 Å². The van der Waals surface area contributed by atoms with E-state index in [0.29, 0.717) is 0 Å². The summed E-state index contributed by atoms with van der Waals surface area (Å²) in [5, 5.41) is 3.03. The monoisotopic (exact) mass is 216 g/mol. The van der Waals surface area contributed by atoms with Crippen molar-refractivity contribution in [2.75, 3.05) is 0 Å². The summed E-state index contributed by atoms with van der Waals surface area (Å²) < 4.78 is 0. The Morgan fingerprint density at radius 2 is 2.27 bits per heavy atom. The summed E-state index contributed by atoms with van der Waals surface area (Å²) >= 11 is 1.63. The van der Waals surface area contributed by atoms with Crippen molar-refractivity contribution in [3.63, 3.8) is 0 Å². The van der Waals surface area contributed by atoms with E-state index < -0.39 is 0 Å². The molecule has 0 unspecified atom stereocenters. The molecule has 3 rings (SSSR count). The van der Waals surface area contributed by atoms with Crippen LogP contribution in [0.4, 0.5) is 0 Å². The molecule has 0 bridgehead atoms. The summed E-state index contributed by atoms with van der Waals surface area (Å²) in [7, 11) is 0. The molecular formula is C10H8N4S. The fourth-order valence-electron chi connectivity index (χ4n) is 1.43. The van der Waals surface area contributed by atoms with E-state index in [9.17, 15) is 0 Å². The van der Waals surface area contributed by atoms with Crippen LogP contribution in [-0.4, -0.2) is 19.9 Å². The average molecular weight is 216 g/mol. The minimum atomic E-state index is 0.743. The number of hydrogen-bond donors (Lipinski definition) is 1. The maximum Gasteiger partial charge on any atom is 0.177 e. The van der Waals surface area contributed by atoms with Crippen LogP contribution in [0.3, 0.4) is 0 Å². The van der Waals surface area contributed by atoms with E-state index in [-0.39, 0.29) is 0 Å². The first kappa shape index (κ1) is 8.55. The molecule has 0 saturated heterocycles. The molecule has 1 N–H and O–H groups in total. The molecule has 0 radical (unpaired) electrons. The normalized spacial score (nSPS) is 11.0. The smallest absolute Gasteiger partial charge is 0.177 e. The molecule has 0 saturated carbocycles. The number of aryl methyl sites for hydroxylation is 1. The van der Waals surface area contributed by atoms with Crippen molar-refractivity contribution in [2.24, 2.45) is 0 Å². The molecule has 3 aromatic heterocycles. The molecule has 3 heterocycles. The van der Waals surface area contributed by atoms with Gasteiger partial charge in [-0.15, -0.1) is 11.3 Å². The zero-order valence-corrected chi connectivity index (χ0v) is 8.88. The number of imidazole rings is 1. The van der Waals surface area contributed by atoms with Crippen LogP contribution >= 0.6 is 11.3 Å². The van der Waals surface area contributed by atoms with Crippen LogP contribution in [-0.2, 0) is 0 Å². The highest BCUT2D eigenvalue weighted by molar-refractivity contribution is 7.13. The molecule has 0 aliphatic heterocycles. The lowest BCUT2D eigenvalue weighted by Crippen LogP contribution is -1.81. The third-order valence-corrected chi connectivity index (χ3v) is 3.15. The van der Waals surface area contributed by atoms with E-state index in [1.807, 2.05) is 18.4 Å². The summed E-state index contributed by atoms with van der Waals surface area (Å²) in [6.07, 6.45) is 3.45. The summed E-state index contributed by atoms with van der Waals surface area (Å²) in [5.74, 6) is 0. The molecule has 0 spiro atoms. The predicted octanol–water partition coefficient (Wildman–Crippen LogP) is 2.39. The van der Waals surface area contributed by atoms with Crippen LogP contribution in [0.1, 0.15) is 5.69 Å². The average Bonchev–Trinajstić information content (AvgIpc) is 2.84. The van der Waals surface area contributed by atoms with Gasteiger partial charge in [0, 0.05) is 22.8 Å². The Morgan fingerprint density at radius 3 is 3.07 bits per heavy atom. The Hall–Kier alpha value is -1.75. The third-order valence-electron chi connectivity index (χ3n) is 2.14. The Morgan fingerprint density at radius 1 is 1.33 bits per heavy atom. The highest BCUT2D eigenvalue weighted by atomic mass is 32.1. The lowest BCUT2D eigenvalue weighted by atomic mass is 10.3. The maximum atomic E-state index is 4.42. The zero-order chi connectivity index (χ0) is 10.3. The number of fused-ring (bicyclic) bond motifs is 1. The Kier molecular flexibility index (Phi) is 1.78. The van der Waals surface area contributed by atoms with E-state index in [2.05, 4.69) is 19.9 Å². The molecule has 0 fully saturated rings. The molecule has 0 aliphatic carbocycles. The second kappa shape index (κ2) is 3.13. The molecule has 0 aromatic carbocycles. The van der Waals surface area contributed by atoms with Crippen molar-refractivity contribution in [3.8, 4) is 10.6 Å². The van der Waals surface area contributed by atoms with Crippen molar-refractivity contribution in [3.05, 3.63) is 29.7 Å². The molecular weight excluding hydrogens is 208 g/mol. The molecule has 15 heavy (non-hydrogen) atoms. The number of aromatic nitrogens is 4. The van der Waals surface area contributed by atoms with Crippen molar-refractivity contribution < 1.29 is 0 Å². The minimum Gasteiger partial charge on any atom is -0.343 e. The van der Waals surface area contributed by atoms with E-state index in [1.165, 1.54) is 0 Å². The first-order valence-corrected chi connectivity index (χ1v) is 5.42. The number of nitrogens with one attached hydrogen (secondary N) is 1. The SMILES string of the molecule is Cc1csc(-c2cnc3nc[nH]c3c2)n1. The largest absolute Gasteiger partial charge is 0.343 e. The first-order valence-electron chi connectivity index (χ1n) is 4.54. The topological polar surface area (TPSA) is 54.5 Å². The van der Waals surface area contributed by atoms with Gasteiger partial charge >= 0.3 is 0 Å². The number of hydrogen-bond acceptors (Lipinski definition) is 4. The Bertz CT molecular complexity index is 610. The Balaban J connectivity index is 2.18. The standard InChI is InChI=1S/C10H8N4S/c1-6-4-15-10(14-6)7-2-8-9(11-3-7)13-5-12-8/h2-5H,1H3,(H,11,12,13). The van der Waals surface area contributed by atoms with Gasteiger partial charge in [-0.3, -0.25) is 0 Å². The summed E-state index contributed by atoms with van der Waals surface area (Å²) in [6, 6.07) is 2.02. The van der Waals surface area contributed by atoms with Crippen molar-refractivity contribution in [1.29, 1.82) is 0 Å². The summed E-state index contributed by atoms with van der Waals surface area (Å²) in [6.45, 7) is 1.99. The number of thiazole rings is 1. The van der Waals surface area contributed by atoms with Crippen molar-refractivity contribution in [1.82, 2.24) is 19.9 Å². The number of nitrogens with zero attached hydrogens (tertiary/aromatic N) is 3. The van der Waals surface area contributed by atoms with Gasteiger partial charge in [-0.05, 0) is 13.0 Å². The van der Waals surface area contributed by atoms with Crippen LogP contribution in [0.25, 0.3) is 21.7 Å². The van der Waals surface area contributed by atoms with Gasteiger partial charge < -0.3 is 4.98 Å². The molecule has 74 valence electrons. The van der Waals surface area contributed by atoms with Crippen LogP contribution in [0.2, 0.25) is 0 Å². The van der Waals surface area contributed by atoms with Gasteiger partial charge in [0.1, 0.15) is 5.01 Å². The third kappa shape index (κ3) is 1.41. The molecule has 5 heteroatoms. The lowest BCUT2D eigenvalue weighted by molar-refractivity contribution is 1.26. The predicted molar refractivity (Wildman–Crippen MR) is 59.7 cm³/mol. The number of rotatable bonds is 1.